The molecule has 2 N–H and O–H groups in total. The molecule has 3 rings (SSSR count). The first kappa shape index (κ1) is 13.2. The van der Waals surface area contributed by atoms with Crippen molar-refractivity contribution in [1.82, 2.24) is 14.8 Å². The van der Waals surface area contributed by atoms with Crippen LogP contribution >= 0.6 is 11.8 Å². The molecule has 1 aliphatic carbocycles. The monoisotopic (exact) mass is 288 g/mol. The molecule has 1 fully saturated rings. The molecule has 6 heteroatoms. The second kappa shape index (κ2) is 5.28. The average Bonchev–Trinajstić information content (AvgIpc) is 3.21. The Bertz CT molecular complexity index is 621. The van der Waals surface area contributed by atoms with Gasteiger partial charge < -0.3 is 5.73 Å². The van der Waals surface area contributed by atoms with Crippen molar-refractivity contribution >= 4 is 17.7 Å². The molecule has 1 amide bonds. The molecule has 1 aliphatic rings. The molecule has 2 aromatic rings. The van der Waals surface area contributed by atoms with Crippen LogP contribution in [0.5, 0.6) is 0 Å². The summed E-state index contributed by atoms with van der Waals surface area (Å²) in [6.45, 7) is 1.77. The summed E-state index contributed by atoms with van der Waals surface area (Å²) in [7, 11) is 0. The summed E-state index contributed by atoms with van der Waals surface area (Å²) in [5.74, 6) is 1.12. The van der Waals surface area contributed by atoms with E-state index in [1.807, 2.05) is 35.0 Å². The summed E-state index contributed by atoms with van der Waals surface area (Å²) in [6, 6.07) is 9.94. The second-order valence-corrected chi connectivity index (χ2v) is 6.24. The van der Waals surface area contributed by atoms with Crippen molar-refractivity contribution in [3.63, 3.8) is 0 Å². The minimum Gasteiger partial charge on any atom is -0.369 e. The number of benzene rings is 1. The highest BCUT2D eigenvalue weighted by molar-refractivity contribution is 8.00. The van der Waals surface area contributed by atoms with Crippen LogP contribution in [0.4, 0.5) is 0 Å². The van der Waals surface area contributed by atoms with Crippen molar-refractivity contribution in [1.29, 1.82) is 0 Å². The van der Waals surface area contributed by atoms with E-state index in [1.165, 1.54) is 11.8 Å². The van der Waals surface area contributed by atoms with Crippen molar-refractivity contribution in [2.75, 3.05) is 0 Å². The Labute approximate surface area is 121 Å². The molecule has 1 unspecified atom stereocenters. The summed E-state index contributed by atoms with van der Waals surface area (Å²) in [6.07, 6.45) is 2.31. The average molecular weight is 288 g/mol. The first-order chi connectivity index (χ1) is 9.65. The summed E-state index contributed by atoms with van der Waals surface area (Å²) in [4.78, 5) is 15.7. The molecule has 104 valence electrons. The van der Waals surface area contributed by atoms with Crippen LogP contribution in [0.1, 0.15) is 31.5 Å². The molecule has 0 spiro atoms. The molecule has 0 aliphatic heterocycles. The summed E-state index contributed by atoms with van der Waals surface area (Å²) >= 11 is 1.31. The maximum absolute atomic E-state index is 11.2. The number of primary amides is 1. The van der Waals surface area contributed by atoms with Crippen LogP contribution in [0.2, 0.25) is 0 Å². The Morgan fingerprint density at radius 3 is 2.70 bits per heavy atom. The van der Waals surface area contributed by atoms with E-state index in [9.17, 15) is 4.79 Å². The fourth-order valence-electron chi connectivity index (χ4n) is 1.94. The van der Waals surface area contributed by atoms with E-state index in [4.69, 9.17) is 5.73 Å². The Morgan fingerprint density at radius 2 is 2.10 bits per heavy atom. The topological polar surface area (TPSA) is 73.8 Å². The Kier molecular flexibility index (Phi) is 3.48. The van der Waals surface area contributed by atoms with Crippen LogP contribution < -0.4 is 5.73 Å². The molecule has 5 nitrogen and oxygen atoms in total. The SMILES string of the molecule is CC(Sc1nc(C2CC2)n(-c2ccccc2)n1)C(N)=O. The lowest BCUT2D eigenvalue weighted by atomic mass is 10.3. The number of aromatic nitrogens is 3. The molecule has 1 aromatic heterocycles. The summed E-state index contributed by atoms with van der Waals surface area (Å²) in [5.41, 5.74) is 6.29. The molecule has 1 aromatic carbocycles. The van der Waals surface area contributed by atoms with E-state index in [1.54, 1.807) is 6.92 Å². The molecular weight excluding hydrogens is 272 g/mol. The molecular formula is C14H16N4OS. The summed E-state index contributed by atoms with van der Waals surface area (Å²) < 4.78 is 1.88. The van der Waals surface area contributed by atoms with Gasteiger partial charge in [-0.1, -0.05) is 30.0 Å². The maximum Gasteiger partial charge on any atom is 0.230 e. The first-order valence-electron chi connectivity index (χ1n) is 6.63. The number of para-hydroxylation sites is 1. The van der Waals surface area contributed by atoms with E-state index in [2.05, 4.69) is 10.1 Å². The van der Waals surface area contributed by atoms with Gasteiger partial charge in [0.1, 0.15) is 5.82 Å². The quantitative estimate of drug-likeness (QED) is 0.855. The minimum atomic E-state index is -0.348. The lowest BCUT2D eigenvalue weighted by molar-refractivity contribution is -0.117. The zero-order valence-corrected chi connectivity index (χ0v) is 12.0. The van der Waals surface area contributed by atoms with Gasteiger partial charge in [0, 0.05) is 5.92 Å². The first-order valence-corrected chi connectivity index (χ1v) is 7.51. The van der Waals surface area contributed by atoms with Crippen molar-refractivity contribution in [3.8, 4) is 5.69 Å². The van der Waals surface area contributed by atoms with E-state index in [0.29, 0.717) is 11.1 Å². The van der Waals surface area contributed by atoms with Crippen molar-refractivity contribution in [2.45, 2.75) is 36.1 Å². The Balaban J connectivity index is 1.93. The van der Waals surface area contributed by atoms with Gasteiger partial charge in [-0.15, -0.1) is 5.10 Å². The number of nitrogens with zero attached hydrogens (tertiary/aromatic N) is 3. The number of carbonyl (C=O) groups excluding carboxylic acids is 1. The number of hydrogen-bond acceptors (Lipinski definition) is 4. The van der Waals surface area contributed by atoms with Crippen LogP contribution in [0.25, 0.3) is 5.69 Å². The van der Waals surface area contributed by atoms with E-state index < -0.39 is 0 Å². The Hall–Kier alpha value is -1.82. The zero-order valence-electron chi connectivity index (χ0n) is 11.2. The lowest BCUT2D eigenvalue weighted by Gasteiger charge is -2.03. The maximum atomic E-state index is 11.2. The highest BCUT2D eigenvalue weighted by Crippen LogP contribution is 2.40. The molecule has 0 saturated heterocycles. The van der Waals surface area contributed by atoms with Crippen molar-refractivity contribution in [2.24, 2.45) is 5.73 Å². The third-order valence-electron chi connectivity index (χ3n) is 3.24. The van der Waals surface area contributed by atoms with Gasteiger partial charge in [-0.25, -0.2) is 9.67 Å². The standard InChI is InChI=1S/C14H16N4OS/c1-9(12(15)19)20-14-16-13(10-7-8-10)18(17-14)11-5-3-2-4-6-11/h2-6,9-10H,7-8H2,1H3,(H2,15,19). The van der Waals surface area contributed by atoms with Gasteiger partial charge in [0.2, 0.25) is 11.1 Å². The molecule has 1 atom stereocenters. The number of carbonyl (C=O) groups is 1. The van der Waals surface area contributed by atoms with Gasteiger partial charge in [0.05, 0.1) is 10.9 Å². The van der Waals surface area contributed by atoms with Crippen molar-refractivity contribution in [3.05, 3.63) is 36.2 Å². The molecule has 20 heavy (non-hydrogen) atoms. The fourth-order valence-corrected chi connectivity index (χ4v) is 2.64. The van der Waals surface area contributed by atoms with E-state index >= 15 is 0 Å². The van der Waals surface area contributed by atoms with Crippen LogP contribution in [-0.4, -0.2) is 25.9 Å². The molecule has 0 radical (unpaired) electrons. The zero-order chi connectivity index (χ0) is 14.1. The van der Waals surface area contributed by atoms with Gasteiger partial charge >= 0.3 is 0 Å². The number of hydrogen-bond donors (Lipinski definition) is 1. The lowest BCUT2D eigenvalue weighted by Crippen LogP contribution is -2.22. The largest absolute Gasteiger partial charge is 0.369 e. The fraction of sp³-hybridized carbons (Fsp3) is 0.357. The Morgan fingerprint density at radius 1 is 1.40 bits per heavy atom. The van der Waals surface area contributed by atoms with Crippen LogP contribution in [0, 0.1) is 0 Å². The van der Waals surface area contributed by atoms with E-state index in [0.717, 1.165) is 24.4 Å². The van der Waals surface area contributed by atoms with E-state index in [-0.39, 0.29) is 11.2 Å². The highest BCUT2D eigenvalue weighted by Gasteiger charge is 2.30. The summed E-state index contributed by atoms with van der Waals surface area (Å²) in [5, 5.41) is 4.81. The van der Waals surface area contributed by atoms with Gasteiger partial charge in [-0.05, 0) is 31.9 Å². The number of amides is 1. The molecule has 0 bridgehead atoms. The second-order valence-electron chi connectivity index (χ2n) is 4.94. The van der Waals surface area contributed by atoms with Gasteiger partial charge in [0.15, 0.2) is 0 Å². The van der Waals surface area contributed by atoms with Crippen LogP contribution in [0.3, 0.4) is 0 Å². The van der Waals surface area contributed by atoms with Gasteiger partial charge in [-0.3, -0.25) is 4.79 Å². The van der Waals surface area contributed by atoms with Crippen molar-refractivity contribution < 1.29 is 4.79 Å². The highest BCUT2D eigenvalue weighted by atomic mass is 32.2. The predicted octanol–water partition coefficient (Wildman–Crippen LogP) is 2.11. The van der Waals surface area contributed by atoms with Gasteiger partial charge in [0.25, 0.3) is 0 Å². The number of rotatable bonds is 5. The number of nitrogens with two attached hydrogens (primary N) is 1. The number of thioether (sulfide) groups is 1. The smallest absolute Gasteiger partial charge is 0.230 e. The third-order valence-corrected chi connectivity index (χ3v) is 4.21. The molecule has 1 heterocycles. The predicted molar refractivity (Wildman–Crippen MR) is 77.8 cm³/mol. The minimum absolute atomic E-state index is 0.325. The van der Waals surface area contributed by atoms with Gasteiger partial charge in [-0.2, -0.15) is 0 Å². The molecule has 1 saturated carbocycles. The normalized spacial score (nSPS) is 16.1. The van der Waals surface area contributed by atoms with Crippen LogP contribution in [0.15, 0.2) is 35.5 Å². The third kappa shape index (κ3) is 2.70. The van der Waals surface area contributed by atoms with Crippen LogP contribution in [-0.2, 0) is 4.79 Å².